The number of amides is 1. The van der Waals surface area contributed by atoms with Crippen LogP contribution in [0.25, 0.3) is 0 Å². The zero-order valence-electron chi connectivity index (χ0n) is 26.2. The molecule has 8 heteroatoms. The smallest absolute Gasteiger partial charge is 0.325 e. The first-order chi connectivity index (χ1) is 21.3. The van der Waals surface area contributed by atoms with Crippen molar-refractivity contribution in [1.29, 1.82) is 0 Å². The van der Waals surface area contributed by atoms with Gasteiger partial charge in [0, 0.05) is 47.6 Å². The van der Waals surface area contributed by atoms with Gasteiger partial charge < -0.3 is 24.3 Å². The van der Waals surface area contributed by atoms with Crippen molar-refractivity contribution >= 4 is 11.9 Å². The maximum Gasteiger partial charge on any atom is 0.325 e. The fourth-order valence-electron chi connectivity index (χ4n) is 10.3. The second-order valence-electron chi connectivity index (χ2n) is 14.3. The third-order valence-corrected chi connectivity index (χ3v) is 12.4. The summed E-state index contributed by atoms with van der Waals surface area (Å²) in [7, 11) is 3.20. The first-order valence-corrected chi connectivity index (χ1v) is 16.5. The highest BCUT2D eigenvalue weighted by Crippen LogP contribution is 2.76. The molecule has 4 bridgehead atoms. The number of fused-ring (bicyclic) bond motifs is 2. The molecule has 9 rings (SSSR count). The highest BCUT2D eigenvalue weighted by molar-refractivity contribution is 5.95. The molecule has 0 aromatic heterocycles. The van der Waals surface area contributed by atoms with Crippen LogP contribution in [0.5, 0.6) is 5.75 Å². The van der Waals surface area contributed by atoms with Gasteiger partial charge in [0.05, 0.1) is 20.3 Å². The van der Waals surface area contributed by atoms with Crippen LogP contribution in [0.1, 0.15) is 71.1 Å². The van der Waals surface area contributed by atoms with Crippen molar-refractivity contribution < 1.29 is 28.5 Å². The summed E-state index contributed by atoms with van der Waals surface area (Å²) >= 11 is 0. The molecule has 7 aliphatic rings. The summed E-state index contributed by atoms with van der Waals surface area (Å²) in [5.41, 5.74) is 5.60. The van der Waals surface area contributed by atoms with Gasteiger partial charge in [-0.1, -0.05) is 24.3 Å². The largest absolute Gasteiger partial charge is 0.486 e. The number of methoxy groups -OCH3 is 2. The van der Waals surface area contributed by atoms with Crippen LogP contribution in [0.3, 0.4) is 0 Å². The first kappa shape index (κ1) is 28.5. The molecule has 1 saturated heterocycles. The molecule has 44 heavy (non-hydrogen) atoms. The molecule has 2 aromatic rings. The molecule has 4 saturated carbocycles. The van der Waals surface area contributed by atoms with Gasteiger partial charge in [-0.3, -0.25) is 14.5 Å². The number of hydrogen-bond acceptors (Lipinski definition) is 7. The second kappa shape index (κ2) is 10.3. The summed E-state index contributed by atoms with van der Waals surface area (Å²) < 4.78 is 24.9. The Hall–Kier alpha value is -2.94. The Morgan fingerprint density at radius 1 is 1.07 bits per heavy atom. The van der Waals surface area contributed by atoms with Crippen molar-refractivity contribution in [3.8, 4) is 5.75 Å². The fraction of sp³-hybridized carbons (Fsp3) is 0.611. The number of hydrogen-bond donors (Lipinski definition) is 1. The van der Waals surface area contributed by atoms with Gasteiger partial charge in [0.25, 0.3) is 5.91 Å². The predicted molar refractivity (Wildman–Crippen MR) is 164 cm³/mol. The Morgan fingerprint density at radius 3 is 2.64 bits per heavy atom. The van der Waals surface area contributed by atoms with Crippen LogP contribution in [0.15, 0.2) is 36.4 Å². The molecule has 2 aromatic carbocycles. The van der Waals surface area contributed by atoms with Gasteiger partial charge >= 0.3 is 5.97 Å². The number of esters is 1. The molecule has 1 N–H and O–H groups in total. The standard InChI is InChI=1S/C36H44N2O6/c1-22-4-9-26-16-28-34-12-13-36(42-3,33-35(34,30(26)31(22)44-33)14-15-38(28)19-23-5-6-23)27(17-34)21-43-20-24-7-10-25(11-8-24)32(40)37-18-29(39)41-2/h4,7-11,23,27-28,33H,5-6,12-21H2,1-3H3,(H,37,40)/t27-,28-,33-,34?,35+,36?/m1/s1. The van der Waals surface area contributed by atoms with Gasteiger partial charge in [-0.2, -0.15) is 0 Å². The Morgan fingerprint density at radius 2 is 1.89 bits per heavy atom. The number of likely N-dealkylation sites (tertiary alicyclic amines) is 1. The lowest BCUT2D eigenvalue weighted by Gasteiger charge is -2.74. The van der Waals surface area contributed by atoms with Crippen molar-refractivity contribution in [1.82, 2.24) is 10.2 Å². The highest BCUT2D eigenvalue weighted by Gasteiger charge is 2.80. The van der Waals surface area contributed by atoms with Crippen molar-refractivity contribution in [2.24, 2.45) is 17.3 Å². The molecule has 6 atom stereocenters. The zero-order chi connectivity index (χ0) is 30.3. The molecule has 5 aliphatic carbocycles. The number of benzene rings is 2. The Labute approximate surface area is 259 Å². The van der Waals surface area contributed by atoms with Gasteiger partial charge in [-0.25, -0.2) is 0 Å². The minimum absolute atomic E-state index is 0.0135. The van der Waals surface area contributed by atoms with E-state index in [1.54, 1.807) is 12.1 Å². The Bertz CT molecular complexity index is 1490. The minimum Gasteiger partial charge on any atom is -0.486 e. The van der Waals surface area contributed by atoms with Gasteiger partial charge in [0.15, 0.2) is 0 Å². The van der Waals surface area contributed by atoms with E-state index >= 15 is 0 Å². The fourth-order valence-corrected chi connectivity index (χ4v) is 10.3. The van der Waals surface area contributed by atoms with E-state index in [0.29, 0.717) is 24.8 Å². The number of piperidine rings is 1. The zero-order valence-corrected chi connectivity index (χ0v) is 26.2. The number of aryl methyl sites for hydroxylation is 1. The predicted octanol–water partition coefficient (Wildman–Crippen LogP) is 4.34. The van der Waals surface area contributed by atoms with E-state index in [4.69, 9.17) is 14.2 Å². The summed E-state index contributed by atoms with van der Waals surface area (Å²) in [6, 6.07) is 12.6. The summed E-state index contributed by atoms with van der Waals surface area (Å²) in [5.74, 6) is 1.48. The molecular weight excluding hydrogens is 556 g/mol. The Kier molecular flexibility index (Phi) is 6.67. The molecule has 2 aliphatic heterocycles. The number of ether oxygens (including phenoxy) is 4. The number of carbonyl (C=O) groups is 2. The molecule has 234 valence electrons. The molecule has 2 heterocycles. The van der Waals surface area contributed by atoms with Gasteiger partial charge in [-0.15, -0.1) is 0 Å². The third kappa shape index (κ3) is 3.93. The van der Waals surface area contributed by atoms with E-state index in [1.165, 1.54) is 49.6 Å². The van der Waals surface area contributed by atoms with E-state index in [-0.39, 0.29) is 40.9 Å². The van der Waals surface area contributed by atoms with Crippen molar-refractivity contribution in [2.75, 3.05) is 40.5 Å². The van der Waals surface area contributed by atoms with Crippen molar-refractivity contribution in [3.63, 3.8) is 0 Å². The van der Waals surface area contributed by atoms with E-state index in [2.05, 4.69) is 34.0 Å². The molecule has 1 amide bonds. The summed E-state index contributed by atoms with van der Waals surface area (Å²) in [4.78, 5) is 26.6. The van der Waals surface area contributed by atoms with Gasteiger partial charge in [-0.05, 0) is 93.2 Å². The summed E-state index contributed by atoms with van der Waals surface area (Å²) in [6.45, 7) is 5.54. The van der Waals surface area contributed by atoms with E-state index in [1.807, 2.05) is 19.2 Å². The molecule has 5 fully saturated rings. The molecular formula is C36H44N2O6. The molecule has 2 unspecified atom stereocenters. The lowest BCUT2D eigenvalue weighted by atomic mass is 9.35. The van der Waals surface area contributed by atoms with Crippen LogP contribution in [-0.4, -0.2) is 75.0 Å². The third-order valence-electron chi connectivity index (χ3n) is 12.4. The average molecular weight is 601 g/mol. The van der Waals surface area contributed by atoms with Crippen molar-refractivity contribution in [3.05, 3.63) is 64.2 Å². The number of rotatable bonds is 10. The lowest BCUT2D eigenvalue weighted by molar-refractivity contribution is -0.283. The van der Waals surface area contributed by atoms with E-state index in [9.17, 15) is 9.59 Å². The maximum absolute atomic E-state index is 12.4. The van der Waals surface area contributed by atoms with Crippen LogP contribution in [0.2, 0.25) is 0 Å². The topological polar surface area (TPSA) is 86.3 Å². The van der Waals surface area contributed by atoms with Crippen LogP contribution in [-0.2, 0) is 37.4 Å². The van der Waals surface area contributed by atoms with Gasteiger partial charge in [0.1, 0.15) is 24.0 Å². The number of nitrogens with one attached hydrogen (secondary N) is 1. The number of nitrogens with zero attached hydrogens (tertiary/aromatic N) is 1. The molecule has 0 radical (unpaired) electrons. The van der Waals surface area contributed by atoms with Crippen LogP contribution in [0, 0.1) is 24.2 Å². The monoisotopic (exact) mass is 600 g/mol. The highest BCUT2D eigenvalue weighted by atomic mass is 16.6. The van der Waals surface area contributed by atoms with Crippen LogP contribution in [0.4, 0.5) is 0 Å². The van der Waals surface area contributed by atoms with E-state index < -0.39 is 5.97 Å². The lowest BCUT2D eigenvalue weighted by Crippen LogP contribution is -2.81. The quantitative estimate of drug-likeness (QED) is 0.406. The Balaban J connectivity index is 1.05. The van der Waals surface area contributed by atoms with Crippen LogP contribution >= 0.6 is 0 Å². The maximum atomic E-state index is 12.4. The van der Waals surface area contributed by atoms with E-state index in [0.717, 1.165) is 49.5 Å². The van der Waals surface area contributed by atoms with Crippen LogP contribution < -0.4 is 10.1 Å². The first-order valence-electron chi connectivity index (χ1n) is 16.5. The molecule has 8 nitrogen and oxygen atoms in total. The summed E-state index contributed by atoms with van der Waals surface area (Å²) in [5, 5.41) is 2.58. The average Bonchev–Trinajstić information content (AvgIpc) is 3.79. The van der Waals surface area contributed by atoms with Gasteiger partial charge in [0.2, 0.25) is 0 Å². The minimum atomic E-state index is -0.478. The normalized spacial score (nSPS) is 34.3. The summed E-state index contributed by atoms with van der Waals surface area (Å²) in [6.07, 6.45) is 8.37. The number of carbonyl (C=O) groups excluding carboxylic acids is 2. The second-order valence-corrected chi connectivity index (χ2v) is 14.3. The molecule has 2 spiro atoms. The van der Waals surface area contributed by atoms with Crippen molar-refractivity contribution in [2.45, 2.75) is 81.6 Å². The SMILES string of the molecule is COC(=O)CNC(=O)c1ccc(COC[C@H]2CC34CCC2(OC)[C@@H]2Oc5c(C)ccc6c5[C@@]23CCN(CC2CC2)[C@@H]4C6)cc1.